The van der Waals surface area contributed by atoms with Crippen molar-refractivity contribution >= 4 is 23.8 Å². The Morgan fingerprint density at radius 1 is 0.929 bits per heavy atom. The zero-order valence-corrected chi connectivity index (χ0v) is 16.9. The van der Waals surface area contributed by atoms with Gasteiger partial charge in [0.15, 0.2) is 18.5 Å². The van der Waals surface area contributed by atoms with Gasteiger partial charge < -0.3 is 29.0 Å². The highest BCUT2D eigenvalue weighted by molar-refractivity contribution is 5.73. The van der Waals surface area contributed by atoms with Crippen LogP contribution >= 0.6 is 0 Å². The predicted octanol–water partition coefficient (Wildman–Crippen LogP) is 0.459. The number of hydrogen-bond acceptors (Lipinski definition) is 9. The van der Waals surface area contributed by atoms with Gasteiger partial charge >= 0.3 is 17.9 Å². The van der Waals surface area contributed by atoms with Crippen LogP contribution < -0.4 is 5.32 Å². The second kappa shape index (κ2) is 11.6. The quantitative estimate of drug-likeness (QED) is 0.332. The molecule has 1 fully saturated rings. The van der Waals surface area contributed by atoms with Gasteiger partial charge in [-0.2, -0.15) is 0 Å². The highest BCUT2D eigenvalue weighted by Crippen LogP contribution is 2.28. The molecule has 28 heavy (non-hydrogen) atoms. The normalized spacial score (nSPS) is 26.8. The van der Waals surface area contributed by atoms with E-state index in [4.69, 9.17) is 23.7 Å². The molecule has 0 bridgehead atoms. The molecule has 10 nitrogen and oxygen atoms in total. The Hall–Kier alpha value is -2.20. The number of carbonyl (C=O) groups excluding carboxylic acids is 4. The molecule has 0 aromatic rings. The molecule has 0 spiro atoms. The van der Waals surface area contributed by atoms with E-state index in [1.165, 1.54) is 27.7 Å². The molecule has 1 N–H and O–H groups in total. The topological polar surface area (TPSA) is 126 Å². The second-order valence-electron chi connectivity index (χ2n) is 6.44. The van der Waals surface area contributed by atoms with Gasteiger partial charge in [-0.15, -0.1) is 0 Å². The van der Waals surface area contributed by atoms with E-state index in [1.54, 1.807) is 0 Å². The van der Waals surface area contributed by atoms with Gasteiger partial charge in [-0.25, -0.2) is 0 Å². The molecule has 1 aliphatic rings. The van der Waals surface area contributed by atoms with Gasteiger partial charge in [0, 0.05) is 34.3 Å². The predicted molar refractivity (Wildman–Crippen MR) is 94.9 cm³/mol. The minimum absolute atomic E-state index is 0.245. The molecule has 1 aliphatic heterocycles. The van der Waals surface area contributed by atoms with Crippen molar-refractivity contribution in [2.75, 3.05) is 13.2 Å². The third-order valence-electron chi connectivity index (χ3n) is 3.85. The van der Waals surface area contributed by atoms with Crippen LogP contribution in [0.15, 0.2) is 0 Å². The Labute approximate surface area is 164 Å². The molecule has 1 rings (SSSR count). The summed E-state index contributed by atoms with van der Waals surface area (Å²) in [5.41, 5.74) is 0. The molecule has 160 valence electrons. The number of esters is 3. The standard InChI is InChI=1S/C18H29NO9/c1-6-7-8-24-18-15(19-10(2)20)17(27-13(5)23)16(26-12(4)22)14(28-18)9-25-11(3)21/h14-18H,6-9H2,1-5H3,(H,19,20)/t14-,15-,16-,17-,18-/m1/s1. The van der Waals surface area contributed by atoms with Crippen LogP contribution in [0.5, 0.6) is 0 Å². The van der Waals surface area contributed by atoms with Crippen molar-refractivity contribution in [3.05, 3.63) is 0 Å². The van der Waals surface area contributed by atoms with Crippen LogP contribution in [0.2, 0.25) is 0 Å². The molecule has 10 heteroatoms. The number of hydrogen-bond donors (Lipinski definition) is 1. The fraction of sp³-hybridized carbons (Fsp3) is 0.778. The fourth-order valence-corrected chi connectivity index (χ4v) is 2.78. The summed E-state index contributed by atoms with van der Waals surface area (Å²) >= 11 is 0. The summed E-state index contributed by atoms with van der Waals surface area (Å²) in [5, 5.41) is 2.64. The zero-order chi connectivity index (χ0) is 21.3. The molecule has 0 saturated carbocycles. The summed E-state index contributed by atoms with van der Waals surface area (Å²) < 4.78 is 27.2. The number of nitrogens with one attached hydrogen (secondary N) is 1. The van der Waals surface area contributed by atoms with Crippen molar-refractivity contribution in [2.24, 2.45) is 0 Å². The molecular formula is C18H29NO9. The van der Waals surface area contributed by atoms with Gasteiger partial charge in [0.2, 0.25) is 5.91 Å². The van der Waals surface area contributed by atoms with E-state index >= 15 is 0 Å². The molecule has 1 amide bonds. The Morgan fingerprint density at radius 3 is 2.04 bits per heavy atom. The first-order valence-corrected chi connectivity index (χ1v) is 9.17. The summed E-state index contributed by atoms with van der Waals surface area (Å²) in [6.07, 6.45) is -2.53. The summed E-state index contributed by atoms with van der Waals surface area (Å²) in [6.45, 7) is 6.97. The van der Waals surface area contributed by atoms with Crippen LogP contribution in [-0.2, 0) is 42.9 Å². The van der Waals surface area contributed by atoms with Crippen molar-refractivity contribution < 1.29 is 42.9 Å². The largest absolute Gasteiger partial charge is 0.463 e. The SMILES string of the molecule is CCCCO[C@@H]1O[C@H](COC(C)=O)[C@@H](OC(C)=O)[C@H](OC(C)=O)[C@H]1NC(C)=O. The lowest BCUT2D eigenvalue weighted by molar-refractivity contribution is -0.277. The summed E-state index contributed by atoms with van der Waals surface area (Å²) in [7, 11) is 0. The first-order chi connectivity index (χ1) is 13.1. The maximum absolute atomic E-state index is 11.7. The van der Waals surface area contributed by atoms with Crippen molar-refractivity contribution in [1.29, 1.82) is 0 Å². The van der Waals surface area contributed by atoms with E-state index in [1.807, 2.05) is 6.92 Å². The highest BCUT2D eigenvalue weighted by atomic mass is 16.7. The smallest absolute Gasteiger partial charge is 0.303 e. The minimum atomic E-state index is -1.11. The lowest BCUT2D eigenvalue weighted by Gasteiger charge is -2.44. The molecule has 5 atom stereocenters. The maximum Gasteiger partial charge on any atom is 0.303 e. The van der Waals surface area contributed by atoms with Crippen LogP contribution in [0.25, 0.3) is 0 Å². The van der Waals surface area contributed by atoms with E-state index in [9.17, 15) is 19.2 Å². The molecule has 0 aromatic heterocycles. The monoisotopic (exact) mass is 403 g/mol. The van der Waals surface area contributed by atoms with Crippen LogP contribution in [0.1, 0.15) is 47.5 Å². The summed E-state index contributed by atoms with van der Waals surface area (Å²) in [4.78, 5) is 46.2. The van der Waals surface area contributed by atoms with Crippen LogP contribution in [0.3, 0.4) is 0 Å². The molecule has 0 aliphatic carbocycles. The van der Waals surface area contributed by atoms with Crippen LogP contribution in [0.4, 0.5) is 0 Å². The average molecular weight is 403 g/mol. The number of unbranched alkanes of at least 4 members (excludes halogenated alkanes) is 1. The van der Waals surface area contributed by atoms with Crippen molar-refractivity contribution in [3.63, 3.8) is 0 Å². The van der Waals surface area contributed by atoms with Crippen molar-refractivity contribution in [2.45, 2.75) is 78.1 Å². The number of rotatable bonds is 9. The van der Waals surface area contributed by atoms with E-state index < -0.39 is 54.5 Å². The minimum Gasteiger partial charge on any atom is -0.463 e. The third kappa shape index (κ3) is 7.81. The van der Waals surface area contributed by atoms with E-state index in [0.717, 1.165) is 12.8 Å². The van der Waals surface area contributed by atoms with E-state index in [2.05, 4.69) is 5.32 Å². The van der Waals surface area contributed by atoms with Crippen LogP contribution in [-0.4, -0.2) is 67.7 Å². The molecular weight excluding hydrogens is 374 g/mol. The van der Waals surface area contributed by atoms with Gasteiger partial charge in [-0.05, 0) is 6.42 Å². The molecule has 1 saturated heterocycles. The first-order valence-electron chi connectivity index (χ1n) is 9.17. The fourth-order valence-electron chi connectivity index (χ4n) is 2.78. The first kappa shape index (κ1) is 23.8. The molecule has 0 unspecified atom stereocenters. The summed E-state index contributed by atoms with van der Waals surface area (Å²) in [6, 6.07) is -0.920. The Balaban J connectivity index is 3.21. The second-order valence-corrected chi connectivity index (χ2v) is 6.44. The van der Waals surface area contributed by atoms with Gasteiger partial charge in [0.25, 0.3) is 0 Å². The Morgan fingerprint density at radius 2 is 1.54 bits per heavy atom. The van der Waals surface area contributed by atoms with Gasteiger partial charge in [-0.3, -0.25) is 19.2 Å². The lowest BCUT2D eigenvalue weighted by Crippen LogP contribution is -2.66. The van der Waals surface area contributed by atoms with Gasteiger partial charge in [0.05, 0.1) is 0 Å². The van der Waals surface area contributed by atoms with E-state index in [-0.39, 0.29) is 6.61 Å². The molecule has 0 aromatic carbocycles. The number of ether oxygens (including phenoxy) is 5. The Kier molecular flexibility index (Phi) is 9.88. The average Bonchev–Trinajstić information content (AvgIpc) is 2.57. The Bertz CT molecular complexity index is 565. The maximum atomic E-state index is 11.7. The summed E-state index contributed by atoms with van der Waals surface area (Å²) in [5.74, 6) is -2.25. The number of amides is 1. The third-order valence-corrected chi connectivity index (χ3v) is 3.85. The highest BCUT2D eigenvalue weighted by Gasteiger charge is 2.51. The molecule has 0 radical (unpaired) electrons. The zero-order valence-electron chi connectivity index (χ0n) is 16.9. The molecule has 1 heterocycles. The van der Waals surface area contributed by atoms with Gasteiger partial charge in [0.1, 0.15) is 18.8 Å². The van der Waals surface area contributed by atoms with Crippen molar-refractivity contribution in [1.82, 2.24) is 5.32 Å². The lowest BCUT2D eigenvalue weighted by atomic mass is 9.96. The van der Waals surface area contributed by atoms with Gasteiger partial charge in [-0.1, -0.05) is 13.3 Å². The van der Waals surface area contributed by atoms with Crippen molar-refractivity contribution in [3.8, 4) is 0 Å². The number of carbonyl (C=O) groups is 4. The van der Waals surface area contributed by atoms with E-state index in [0.29, 0.717) is 6.61 Å². The van der Waals surface area contributed by atoms with Crippen LogP contribution in [0, 0.1) is 0 Å².